The lowest BCUT2D eigenvalue weighted by Crippen LogP contribution is -2.02. The van der Waals surface area contributed by atoms with Gasteiger partial charge in [-0.1, -0.05) is 6.07 Å². The summed E-state index contributed by atoms with van der Waals surface area (Å²) in [6.07, 6.45) is 4.84. The van der Waals surface area contributed by atoms with E-state index in [1.807, 2.05) is 0 Å². The molecule has 0 aliphatic heterocycles. The number of rotatable bonds is 4. The van der Waals surface area contributed by atoms with Gasteiger partial charge in [-0.05, 0) is 61.4 Å². The van der Waals surface area contributed by atoms with Crippen LogP contribution < -0.4 is 10.5 Å². The molecule has 0 amide bonds. The Kier molecular flexibility index (Phi) is 3.27. The van der Waals surface area contributed by atoms with Crippen molar-refractivity contribution in [1.29, 1.82) is 0 Å². The predicted molar refractivity (Wildman–Crippen MR) is 62.3 cm³/mol. The molecule has 0 bridgehead atoms. The maximum absolute atomic E-state index is 5.56. The minimum Gasteiger partial charge on any atom is -0.497 e. The molecule has 0 saturated carbocycles. The number of ether oxygens (including phenoxy) is 1. The fourth-order valence-electron chi connectivity index (χ4n) is 2.46. The Hall–Kier alpha value is -1.02. The van der Waals surface area contributed by atoms with Gasteiger partial charge in [0.05, 0.1) is 7.11 Å². The SMILES string of the molecule is COc1ccc2c(c1)C(CCCN)CC2. The lowest BCUT2D eigenvalue weighted by atomic mass is 9.96. The Labute approximate surface area is 91.4 Å². The molecule has 2 rings (SSSR count). The molecule has 1 unspecified atom stereocenters. The molecule has 1 aromatic rings. The fourth-order valence-corrected chi connectivity index (χ4v) is 2.46. The van der Waals surface area contributed by atoms with Gasteiger partial charge in [0.25, 0.3) is 0 Å². The van der Waals surface area contributed by atoms with E-state index in [9.17, 15) is 0 Å². The van der Waals surface area contributed by atoms with Gasteiger partial charge in [0.1, 0.15) is 5.75 Å². The van der Waals surface area contributed by atoms with Gasteiger partial charge in [0.15, 0.2) is 0 Å². The highest BCUT2D eigenvalue weighted by molar-refractivity contribution is 5.41. The number of hydrogen-bond acceptors (Lipinski definition) is 2. The summed E-state index contributed by atoms with van der Waals surface area (Å²) in [5.41, 5.74) is 8.54. The zero-order chi connectivity index (χ0) is 10.7. The molecule has 0 spiro atoms. The molecule has 0 aromatic heterocycles. The largest absolute Gasteiger partial charge is 0.497 e. The number of nitrogens with two attached hydrogens (primary N) is 1. The van der Waals surface area contributed by atoms with E-state index in [4.69, 9.17) is 10.5 Å². The van der Waals surface area contributed by atoms with E-state index in [0.717, 1.165) is 18.7 Å². The van der Waals surface area contributed by atoms with Crippen molar-refractivity contribution in [1.82, 2.24) is 0 Å². The first-order chi connectivity index (χ1) is 7.35. The van der Waals surface area contributed by atoms with Gasteiger partial charge in [-0.25, -0.2) is 0 Å². The van der Waals surface area contributed by atoms with Crippen LogP contribution in [-0.4, -0.2) is 13.7 Å². The summed E-state index contributed by atoms with van der Waals surface area (Å²) in [6.45, 7) is 0.801. The first-order valence-electron chi connectivity index (χ1n) is 5.72. The average Bonchev–Trinajstić information content (AvgIpc) is 2.68. The van der Waals surface area contributed by atoms with E-state index in [-0.39, 0.29) is 0 Å². The topological polar surface area (TPSA) is 35.2 Å². The molecule has 2 nitrogen and oxygen atoms in total. The van der Waals surface area contributed by atoms with Crippen molar-refractivity contribution < 1.29 is 4.74 Å². The predicted octanol–water partition coefficient (Wildman–Crippen LogP) is 2.46. The van der Waals surface area contributed by atoms with Crippen LogP contribution in [0.2, 0.25) is 0 Å². The fraction of sp³-hybridized carbons (Fsp3) is 0.538. The molecule has 1 aliphatic carbocycles. The third-order valence-corrected chi connectivity index (χ3v) is 3.31. The van der Waals surface area contributed by atoms with Crippen molar-refractivity contribution in [2.75, 3.05) is 13.7 Å². The zero-order valence-corrected chi connectivity index (χ0v) is 9.33. The van der Waals surface area contributed by atoms with Crippen LogP contribution >= 0.6 is 0 Å². The van der Waals surface area contributed by atoms with E-state index >= 15 is 0 Å². The molecule has 1 aliphatic rings. The van der Waals surface area contributed by atoms with Gasteiger partial charge in [-0.3, -0.25) is 0 Å². The van der Waals surface area contributed by atoms with Crippen LogP contribution in [0.4, 0.5) is 0 Å². The van der Waals surface area contributed by atoms with E-state index in [1.165, 1.54) is 30.4 Å². The van der Waals surface area contributed by atoms with Gasteiger partial charge in [0.2, 0.25) is 0 Å². The summed E-state index contributed by atoms with van der Waals surface area (Å²) in [5, 5.41) is 0. The second-order valence-corrected chi connectivity index (χ2v) is 4.23. The first kappa shape index (κ1) is 10.5. The molecule has 2 heteroatoms. The Morgan fingerprint density at radius 2 is 2.33 bits per heavy atom. The molecular weight excluding hydrogens is 186 g/mol. The molecule has 0 saturated heterocycles. The van der Waals surface area contributed by atoms with Crippen LogP contribution in [-0.2, 0) is 6.42 Å². The van der Waals surface area contributed by atoms with Gasteiger partial charge >= 0.3 is 0 Å². The number of hydrogen-bond donors (Lipinski definition) is 1. The molecular formula is C13H19NO. The number of aryl methyl sites for hydroxylation is 1. The van der Waals surface area contributed by atoms with Crippen molar-refractivity contribution in [3.8, 4) is 5.75 Å². The highest BCUT2D eigenvalue weighted by Crippen LogP contribution is 2.37. The van der Waals surface area contributed by atoms with Crippen LogP contribution in [0.15, 0.2) is 18.2 Å². The van der Waals surface area contributed by atoms with Gasteiger partial charge < -0.3 is 10.5 Å². The third kappa shape index (κ3) is 2.15. The minimum atomic E-state index is 0.707. The molecule has 0 fully saturated rings. The molecule has 1 aromatic carbocycles. The third-order valence-electron chi connectivity index (χ3n) is 3.31. The van der Waals surface area contributed by atoms with Crippen molar-refractivity contribution in [2.24, 2.45) is 5.73 Å². The highest BCUT2D eigenvalue weighted by Gasteiger charge is 2.22. The molecule has 1 atom stereocenters. The monoisotopic (exact) mass is 205 g/mol. The average molecular weight is 205 g/mol. The number of fused-ring (bicyclic) bond motifs is 1. The summed E-state index contributed by atoms with van der Waals surface area (Å²) in [6, 6.07) is 6.46. The summed E-state index contributed by atoms with van der Waals surface area (Å²) in [4.78, 5) is 0. The maximum atomic E-state index is 5.56. The Morgan fingerprint density at radius 3 is 3.07 bits per heavy atom. The second kappa shape index (κ2) is 4.67. The molecule has 0 heterocycles. The zero-order valence-electron chi connectivity index (χ0n) is 9.33. The number of benzene rings is 1. The summed E-state index contributed by atoms with van der Waals surface area (Å²) >= 11 is 0. The summed E-state index contributed by atoms with van der Waals surface area (Å²) in [5.74, 6) is 1.69. The lowest BCUT2D eigenvalue weighted by molar-refractivity contribution is 0.413. The van der Waals surface area contributed by atoms with Crippen LogP contribution in [0.25, 0.3) is 0 Å². The molecule has 0 radical (unpaired) electrons. The van der Waals surface area contributed by atoms with Crippen LogP contribution in [0.1, 0.15) is 36.3 Å². The lowest BCUT2D eigenvalue weighted by Gasteiger charge is -2.11. The summed E-state index contributed by atoms with van der Waals surface area (Å²) in [7, 11) is 1.73. The quantitative estimate of drug-likeness (QED) is 0.819. The van der Waals surface area contributed by atoms with Gasteiger partial charge in [-0.15, -0.1) is 0 Å². The van der Waals surface area contributed by atoms with Crippen molar-refractivity contribution in [3.63, 3.8) is 0 Å². The Balaban J connectivity index is 2.16. The Bertz CT molecular complexity index is 335. The van der Waals surface area contributed by atoms with Crippen LogP contribution in [0.5, 0.6) is 5.75 Å². The van der Waals surface area contributed by atoms with E-state index < -0.39 is 0 Å². The van der Waals surface area contributed by atoms with Gasteiger partial charge in [0, 0.05) is 0 Å². The Morgan fingerprint density at radius 1 is 1.47 bits per heavy atom. The van der Waals surface area contributed by atoms with Crippen molar-refractivity contribution in [2.45, 2.75) is 31.6 Å². The van der Waals surface area contributed by atoms with Crippen molar-refractivity contribution >= 4 is 0 Å². The van der Waals surface area contributed by atoms with E-state index in [0.29, 0.717) is 5.92 Å². The van der Waals surface area contributed by atoms with Crippen LogP contribution in [0, 0.1) is 0 Å². The molecule has 82 valence electrons. The van der Waals surface area contributed by atoms with E-state index in [2.05, 4.69) is 18.2 Å². The normalized spacial score (nSPS) is 18.9. The standard InChI is InChI=1S/C13H19NO/c1-15-12-7-6-11-5-4-10(3-2-8-14)13(11)9-12/h6-7,9-10H,2-5,8,14H2,1H3. The molecule has 15 heavy (non-hydrogen) atoms. The maximum Gasteiger partial charge on any atom is 0.119 e. The van der Waals surface area contributed by atoms with Crippen LogP contribution in [0.3, 0.4) is 0 Å². The second-order valence-electron chi connectivity index (χ2n) is 4.23. The van der Waals surface area contributed by atoms with Crippen molar-refractivity contribution in [3.05, 3.63) is 29.3 Å². The smallest absolute Gasteiger partial charge is 0.119 e. The highest BCUT2D eigenvalue weighted by atomic mass is 16.5. The number of methoxy groups -OCH3 is 1. The minimum absolute atomic E-state index is 0.707. The first-order valence-corrected chi connectivity index (χ1v) is 5.72. The van der Waals surface area contributed by atoms with E-state index in [1.54, 1.807) is 7.11 Å². The van der Waals surface area contributed by atoms with Gasteiger partial charge in [-0.2, -0.15) is 0 Å². The molecule has 2 N–H and O–H groups in total. The summed E-state index contributed by atoms with van der Waals surface area (Å²) < 4.78 is 5.27.